The molecule has 128 valence electrons. The molecule has 3 nitrogen and oxygen atoms in total. The van der Waals surface area contributed by atoms with Crippen LogP contribution in [0.1, 0.15) is 16.7 Å². The fraction of sp³-hybridized carbons (Fsp3) is 0.278. The van der Waals surface area contributed by atoms with E-state index in [0.29, 0.717) is 33.8 Å². The number of carbonyl (C=O) groups is 1. The number of hydrogen-bond donors (Lipinski definition) is 2. The van der Waals surface area contributed by atoms with Crippen LogP contribution in [-0.2, 0) is 11.3 Å². The lowest BCUT2D eigenvalue weighted by Gasteiger charge is -2.16. The van der Waals surface area contributed by atoms with Gasteiger partial charge in [0.25, 0.3) is 5.91 Å². The molecule has 0 heterocycles. The van der Waals surface area contributed by atoms with Gasteiger partial charge in [0.15, 0.2) is 6.54 Å². The number of aryl methyl sites for hydroxylation is 2. The third-order valence-electron chi connectivity index (χ3n) is 3.65. The Labute approximate surface area is 157 Å². The molecule has 24 heavy (non-hydrogen) atoms. The third-order valence-corrected chi connectivity index (χ3v) is 4.69. The Morgan fingerprint density at radius 1 is 1.04 bits per heavy atom. The monoisotopic (exact) mass is 385 g/mol. The van der Waals surface area contributed by atoms with Crippen molar-refractivity contribution in [3.05, 3.63) is 62.1 Å². The van der Waals surface area contributed by atoms with Gasteiger partial charge in [-0.1, -0.05) is 46.9 Å². The van der Waals surface area contributed by atoms with Crippen LogP contribution in [0.4, 0.5) is 5.69 Å². The molecule has 0 spiro atoms. The molecule has 0 aliphatic heterocycles. The minimum absolute atomic E-state index is 0.0820. The molecule has 0 bridgehead atoms. The third kappa shape index (κ3) is 5.12. The van der Waals surface area contributed by atoms with Crippen LogP contribution in [0.3, 0.4) is 0 Å². The molecular weight excluding hydrogens is 367 g/mol. The van der Waals surface area contributed by atoms with Gasteiger partial charge in [-0.25, -0.2) is 0 Å². The fourth-order valence-electron chi connectivity index (χ4n) is 2.59. The first kappa shape index (κ1) is 19.1. The fourth-order valence-corrected chi connectivity index (χ4v) is 3.28. The second kappa shape index (κ2) is 8.21. The van der Waals surface area contributed by atoms with E-state index in [0.717, 1.165) is 21.6 Å². The van der Waals surface area contributed by atoms with Crippen LogP contribution in [0.15, 0.2) is 30.3 Å². The predicted octanol–water partition coefficient (Wildman–Crippen LogP) is 3.92. The van der Waals surface area contributed by atoms with Gasteiger partial charge in [0.2, 0.25) is 0 Å². The highest BCUT2D eigenvalue weighted by molar-refractivity contribution is 6.42. The molecule has 2 aromatic carbocycles. The summed E-state index contributed by atoms with van der Waals surface area (Å²) in [6, 6.07) is 9.34. The molecule has 2 aromatic rings. The van der Waals surface area contributed by atoms with Crippen LogP contribution in [-0.4, -0.2) is 19.5 Å². The number of anilines is 1. The van der Waals surface area contributed by atoms with Crippen LogP contribution in [0, 0.1) is 13.8 Å². The summed E-state index contributed by atoms with van der Waals surface area (Å²) >= 11 is 18.2. The minimum Gasteiger partial charge on any atom is -0.326 e. The molecule has 0 saturated carbocycles. The largest absolute Gasteiger partial charge is 0.326 e. The smallest absolute Gasteiger partial charge is 0.279 e. The van der Waals surface area contributed by atoms with E-state index < -0.39 is 0 Å². The van der Waals surface area contributed by atoms with E-state index in [4.69, 9.17) is 34.8 Å². The van der Waals surface area contributed by atoms with E-state index >= 15 is 0 Å². The maximum Gasteiger partial charge on any atom is 0.279 e. The molecule has 0 aliphatic rings. The lowest BCUT2D eigenvalue weighted by molar-refractivity contribution is -0.885. The van der Waals surface area contributed by atoms with E-state index in [2.05, 4.69) is 5.32 Å². The van der Waals surface area contributed by atoms with E-state index in [-0.39, 0.29) is 5.91 Å². The molecule has 1 amide bonds. The van der Waals surface area contributed by atoms with Crippen LogP contribution in [0.25, 0.3) is 0 Å². The number of hydrogen-bond acceptors (Lipinski definition) is 1. The zero-order chi connectivity index (χ0) is 17.9. The lowest BCUT2D eigenvalue weighted by atomic mass is 10.1. The molecule has 0 saturated heterocycles. The van der Waals surface area contributed by atoms with Gasteiger partial charge >= 0.3 is 0 Å². The summed E-state index contributed by atoms with van der Waals surface area (Å²) in [5.41, 5.74) is 3.72. The molecule has 0 aliphatic carbocycles. The molecule has 2 N–H and O–H groups in total. The Kier molecular flexibility index (Phi) is 6.53. The normalized spacial score (nSPS) is 12.1. The quantitative estimate of drug-likeness (QED) is 0.802. The van der Waals surface area contributed by atoms with Crippen molar-refractivity contribution in [2.45, 2.75) is 20.4 Å². The highest BCUT2D eigenvalue weighted by Crippen LogP contribution is 2.27. The molecule has 6 heteroatoms. The molecule has 0 fully saturated rings. The Hall–Kier alpha value is -1.26. The van der Waals surface area contributed by atoms with Gasteiger partial charge < -0.3 is 10.2 Å². The van der Waals surface area contributed by atoms with Crippen molar-refractivity contribution in [1.82, 2.24) is 0 Å². The lowest BCUT2D eigenvalue weighted by Crippen LogP contribution is -3.08. The Morgan fingerprint density at radius 2 is 1.75 bits per heavy atom. The molecule has 0 aromatic heterocycles. The summed E-state index contributed by atoms with van der Waals surface area (Å²) in [5, 5.41) is 4.51. The van der Waals surface area contributed by atoms with Gasteiger partial charge in [0.1, 0.15) is 6.54 Å². The summed E-state index contributed by atoms with van der Waals surface area (Å²) in [4.78, 5) is 13.3. The van der Waals surface area contributed by atoms with E-state index in [1.165, 1.54) is 0 Å². The summed E-state index contributed by atoms with van der Waals surface area (Å²) in [5.74, 6) is -0.0820. The number of likely N-dealkylation sites (N-methyl/N-ethyl adjacent to an activating group) is 1. The Morgan fingerprint density at radius 3 is 2.38 bits per heavy atom. The van der Waals surface area contributed by atoms with Gasteiger partial charge in [-0.15, -0.1) is 0 Å². The van der Waals surface area contributed by atoms with E-state index in [1.807, 2.05) is 45.2 Å². The number of rotatable bonds is 5. The average molecular weight is 387 g/mol. The van der Waals surface area contributed by atoms with Crippen molar-refractivity contribution in [3.8, 4) is 0 Å². The molecule has 0 radical (unpaired) electrons. The van der Waals surface area contributed by atoms with Gasteiger partial charge in [-0.3, -0.25) is 4.79 Å². The highest BCUT2D eigenvalue weighted by atomic mass is 35.5. The maximum atomic E-state index is 12.3. The van der Waals surface area contributed by atoms with Gasteiger partial charge in [-0.2, -0.15) is 0 Å². The van der Waals surface area contributed by atoms with E-state index in [1.54, 1.807) is 6.07 Å². The van der Waals surface area contributed by atoms with Crippen LogP contribution < -0.4 is 10.2 Å². The first-order valence-electron chi connectivity index (χ1n) is 7.58. The van der Waals surface area contributed by atoms with Crippen molar-refractivity contribution in [1.29, 1.82) is 0 Å². The van der Waals surface area contributed by atoms with E-state index in [9.17, 15) is 4.79 Å². The number of amides is 1. The SMILES string of the molecule is Cc1cc(C)c(NC(=O)C[NH+](C)Cc2ccc(Cl)c(Cl)c2)c(Cl)c1. The Balaban J connectivity index is 1.98. The summed E-state index contributed by atoms with van der Waals surface area (Å²) in [6.07, 6.45) is 0. The number of halogens is 3. The second-order valence-corrected chi connectivity index (χ2v) is 7.27. The predicted molar refractivity (Wildman–Crippen MR) is 101 cm³/mol. The summed E-state index contributed by atoms with van der Waals surface area (Å²) in [7, 11) is 1.95. The van der Waals surface area contributed by atoms with Crippen LogP contribution in [0.5, 0.6) is 0 Å². The zero-order valence-electron chi connectivity index (χ0n) is 13.8. The maximum absolute atomic E-state index is 12.3. The number of quaternary nitrogens is 1. The van der Waals surface area contributed by atoms with Crippen molar-refractivity contribution < 1.29 is 9.69 Å². The molecular formula is C18H20Cl3N2O+. The summed E-state index contributed by atoms with van der Waals surface area (Å²) < 4.78 is 0. The molecule has 1 atom stereocenters. The average Bonchev–Trinajstić information content (AvgIpc) is 2.46. The first-order chi connectivity index (χ1) is 11.3. The van der Waals surface area contributed by atoms with Gasteiger partial charge in [0.05, 0.1) is 27.8 Å². The molecule has 1 unspecified atom stereocenters. The number of benzene rings is 2. The van der Waals surface area contributed by atoms with Crippen molar-refractivity contribution in [2.75, 3.05) is 18.9 Å². The second-order valence-electron chi connectivity index (χ2n) is 6.05. The zero-order valence-corrected chi connectivity index (χ0v) is 16.1. The van der Waals surface area contributed by atoms with Gasteiger partial charge in [0, 0.05) is 5.56 Å². The highest BCUT2D eigenvalue weighted by Gasteiger charge is 2.14. The standard InChI is InChI=1S/C18H19Cl3N2O/c1-11-6-12(2)18(16(21)7-11)22-17(24)10-23(3)9-13-4-5-14(19)15(20)8-13/h4-8H,9-10H2,1-3H3,(H,22,24)/p+1. The number of nitrogens with one attached hydrogen (secondary N) is 2. The minimum atomic E-state index is -0.0820. The van der Waals surface area contributed by atoms with Gasteiger partial charge in [-0.05, 0) is 43.2 Å². The van der Waals surface area contributed by atoms with Crippen molar-refractivity contribution in [3.63, 3.8) is 0 Å². The van der Waals surface area contributed by atoms with Crippen LogP contribution >= 0.6 is 34.8 Å². The Bertz CT molecular complexity index is 739. The first-order valence-corrected chi connectivity index (χ1v) is 8.71. The van der Waals surface area contributed by atoms with Crippen LogP contribution in [0.2, 0.25) is 15.1 Å². The molecule has 2 rings (SSSR count). The summed E-state index contributed by atoms with van der Waals surface area (Å²) in [6.45, 7) is 4.90. The van der Waals surface area contributed by atoms with Crippen molar-refractivity contribution >= 4 is 46.4 Å². The topological polar surface area (TPSA) is 33.5 Å². The number of carbonyl (C=O) groups excluding carboxylic acids is 1. The van der Waals surface area contributed by atoms with Crippen molar-refractivity contribution in [2.24, 2.45) is 0 Å².